The van der Waals surface area contributed by atoms with Crippen LogP contribution in [0.2, 0.25) is 5.15 Å². The van der Waals surface area contributed by atoms with Crippen LogP contribution in [0.25, 0.3) is 11.4 Å². The number of hydrogen-bond acceptors (Lipinski definition) is 2. The summed E-state index contributed by atoms with van der Waals surface area (Å²) in [7, 11) is 0. The number of aromatic nitrogens is 2. The van der Waals surface area contributed by atoms with Gasteiger partial charge in [-0.25, -0.2) is 9.97 Å². The molecular weight excluding hydrogens is 244 g/mol. The van der Waals surface area contributed by atoms with E-state index in [1.165, 1.54) is 24.0 Å². The Labute approximate surface area is 112 Å². The zero-order valence-corrected chi connectivity index (χ0v) is 11.3. The van der Waals surface area contributed by atoms with Crippen molar-refractivity contribution in [2.75, 3.05) is 0 Å². The van der Waals surface area contributed by atoms with E-state index in [9.17, 15) is 0 Å². The molecule has 1 aliphatic carbocycles. The van der Waals surface area contributed by atoms with Gasteiger partial charge in [-0.1, -0.05) is 28.8 Å². The van der Waals surface area contributed by atoms with Crippen LogP contribution < -0.4 is 0 Å². The lowest BCUT2D eigenvalue weighted by molar-refractivity contribution is 0.993. The first-order chi connectivity index (χ1) is 8.61. The molecule has 1 heterocycles. The van der Waals surface area contributed by atoms with Crippen molar-refractivity contribution in [1.82, 2.24) is 9.97 Å². The van der Waals surface area contributed by atoms with Crippen molar-refractivity contribution in [2.45, 2.75) is 32.6 Å². The quantitative estimate of drug-likeness (QED) is 0.751. The van der Waals surface area contributed by atoms with E-state index in [-0.39, 0.29) is 0 Å². The Bertz CT molecular complexity index is 583. The Morgan fingerprint density at radius 3 is 2.28 bits per heavy atom. The summed E-state index contributed by atoms with van der Waals surface area (Å²) in [6.45, 7) is 4.17. The summed E-state index contributed by atoms with van der Waals surface area (Å²) in [5, 5.41) is 0.543. The minimum Gasteiger partial charge on any atom is -0.233 e. The van der Waals surface area contributed by atoms with E-state index in [2.05, 4.69) is 42.0 Å². The molecule has 0 bridgehead atoms. The molecule has 1 fully saturated rings. The van der Waals surface area contributed by atoms with E-state index in [1.54, 1.807) is 0 Å². The maximum Gasteiger partial charge on any atom is 0.161 e. The summed E-state index contributed by atoms with van der Waals surface area (Å²) in [6.07, 6.45) is 2.44. The lowest BCUT2D eigenvalue weighted by atomic mass is 10.1. The van der Waals surface area contributed by atoms with Gasteiger partial charge in [0.25, 0.3) is 0 Å². The minimum atomic E-state index is 0.543. The van der Waals surface area contributed by atoms with Crippen LogP contribution in [-0.4, -0.2) is 9.97 Å². The molecule has 0 atom stereocenters. The highest BCUT2D eigenvalue weighted by Gasteiger charge is 2.26. The Morgan fingerprint density at radius 2 is 1.67 bits per heavy atom. The zero-order chi connectivity index (χ0) is 12.7. The topological polar surface area (TPSA) is 25.8 Å². The fraction of sp³-hybridized carbons (Fsp3) is 0.333. The molecule has 18 heavy (non-hydrogen) atoms. The highest BCUT2D eigenvalue weighted by molar-refractivity contribution is 6.29. The second-order valence-electron chi connectivity index (χ2n) is 5.09. The van der Waals surface area contributed by atoms with Gasteiger partial charge in [-0.15, -0.1) is 0 Å². The summed E-state index contributed by atoms with van der Waals surface area (Å²) in [6, 6.07) is 8.26. The van der Waals surface area contributed by atoms with Crippen molar-refractivity contribution in [1.29, 1.82) is 0 Å². The Kier molecular flexibility index (Phi) is 2.83. The second kappa shape index (κ2) is 4.36. The lowest BCUT2D eigenvalue weighted by Gasteiger charge is -2.06. The lowest BCUT2D eigenvalue weighted by Crippen LogP contribution is -1.95. The summed E-state index contributed by atoms with van der Waals surface area (Å²) in [4.78, 5) is 9.00. The smallest absolute Gasteiger partial charge is 0.161 e. The Hall–Kier alpha value is -1.41. The molecule has 3 heteroatoms. The highest BCUT2D eigenvalue weighted by Crippen LogP contribution is 2.40. The summed E-state index contributed by atoms with van der Waals surface area (Å²) < 4.78 is 0. The van der Waals surface area contributed by atoms with Gasteiger partial charge in [-0.05, 0) is 44.9 Å². The normalized spacial score (nSPS) is 14.8. The first-order valence-electron chi connectivity index (χ1n) is 6.25. The predicted molar refractivity (Wildman–Crippen MR) is 73.9 cm³/mol. The van der Waals surface area contributed by atoms with E-state index in [4.69, 9.17) is 11.6 Å². The third kappa shape index (κ3) is 2.39. The van der Waals surface area contributed by atoms with Gasteiger partial charge in [0.15, 0.2) is 5.82 Å². The average Bonchev–Trinajstić information content (AvgIpc) is 3.10. The van der Waals surface area contributed by atoms with Crippen molar-refractivity contribution in [3.05, 3.63) is 46.2 Å². The summed E-state index contributed by atoms with van der Waals surface area (Å²) in [5.74, 6) is 1.34. The van der Waals surface area contributed by atoms with E-state index in [0.717, 1.165) is 17.1 Å². The molecule has 0 amide bonds. The van der Waals surface area contributed by atoms with Gasteiger partial charge in [0, 0.05) is 17.2 Å². The van der Waals surface area contributed by atoms with Crippen LogP contribution in [0.1, 0.15) is 35.6 Å². The largest absolute Gasteiger partial charge is 0.233 e. The Morgan fingerprint density at radius 1 is 1.00 bits per heavy atom. The molecule has 1 aromatic carbocycles. The highest BCUT2D eigenvalue weighted by atomic mass is 35.5. The van der Waals surface area contributed by atoms with Crippen molar-refractivity contribution in [3.8, 4) is 11.4 Å². The predicted octanol–water partition coefficient (Wildman–Crippen LogP) is 4.29. The first-order valence-corrected chi connectivity index (χ1v) is 6.63. The first kappa shape index (κ1) is 11.7. The summed E-state index contributed by atoms with van der Waals surface area (Å²) in [5.41, 5.74) is 4.59. The molecule has 0 aliphatic heterocycles. The van der Waals surface area contributed by atoms with Crippen LogP contribution in [0, 0.1) is 13.8 Å². The molecule has 3 rings (SSSR count). The molecule has 0 saturated heterocycles. The number of benzene rings is 1. The van der Waals surface area contributed by atoms with E-state index >= 15 is 0 Å². The number of halogens is 1. The molecule has 1 saturated carbocycles. The fourth-order valence-corrected chi connectivity index (χ4v) is 2.45. The van der Waals surface area contributed by atoms with Crippen molar-refractivity contribution >= 4 is 11.6 Å². The number of aryl methyl sites for hydroxylation is 2. The second-order valence-corrected chi connectivity index (χ2v) is 5.48. The molecule has 2 aromatic rings. The Balaban J connectivity index is 2.09. The van der Waals surface area contributed by atoms with Crippen molar-refractivity contribution < 1.29 is 0 Å². The van der Waals surface area contributed by atoms with Gasteiger partial charge in [0.2, 0.25) is 0 Å². The van der Waals surface area contributed by atoms with E-state index in [0.29, 0.717) is 11.1 Å². The zero-order valence-electron chi connectivity index (χ0n) is 10.6. The summed E-state index contributed by atoms with van der Waals surface area (Å²) >= 11 is 6.10. The van der Waals surface area contributed by atoms with Crippen molar-refractivity contribution in [3.63, 3.8) is 0 Å². The SMILES string of the molecule is Cc1cc(C)cc(-c2nc(Cl)cc(C3CC3)n2)c1. The molecule has 1 aromatic heterocycles. The molecule has 92 valence electrons. The molecular formula is C15H15ClN2. The van der Waals surface area contributed by atoms with Crippen LogP contribution in [0.5, 0.6) is 0 Å². The molecule has 0 spiro atoms. The fourth-order valence-electron chi connectivity index (χ4n) is 2.26. The van der Waals surface area contributed by atoms with Crippen LogP contribution in [0.15, 0.2) is 24.3 Å². The van der Waals surface area contributed by atoms with Gasteiger partial charge in [0.1, 0.15) is 5.15 Å². The maximum atomic E-state index is 6.10. The third-order valence-electron chi connectivity index (χ3n) is 3.19. The van der Waals surface area contributed by atoms with Crippen molar-refractivity contribution in [2.24, 2.45) is 0 Å². The standard InChI is InChI=1S/C15H15ClN2/c1-9-5-10(2)7-12(6-9)15-17-13(11-3-4-11)8-14(16)18-15/h5-8,11H,3-4H2,1-2H3. The van der Waals surface area contributed by atoms with Crippen LogP contribution in [0.4, 0.5) is 0 Å². The van der Waals surface area contributed by atoms with Crippen LogP contribution in [-0.2, 0) is 0 Å². The van der Waals surface area contributed by atoms with Gasteiger partial charge < -0.3 is 0 Å². The number of nitrogens with zero attached hydrogens (tertiary/aromatic N) is 2. The maximum absolute atomic E-state index is 6.10. The number of rotatable bonds is 2. The molecule has 0 unspecified atom stereocenters. The van der Waals surface area contributed by atoms with Crippen LogP contribution >= 0.6 is 11.6 Å². The molecule has 1 aliphatic rings. The minimum absolute atomic E-state index is 0.543. The van der Waals surface area contributed by atoms with E-state index < -0.39 is 0 Å². The molecule has 0 radical (unpaired) electrons. The van der Waals surface area contributed by atoms with Gasteiger partial charge in [0.05, 0.1) is 0 Å². The van der Waals surface area contributed by atoms with E-state index in [1.807, 2.05) is 6.07 Å². The average molecular weight is 259 g/mol. The number of hydrogen-bond donors (Lipinski definition) is 0. The molecule has 0 N–H and O–H groups in total. The molecule has 2 nitrogen and oxygen atoms in total. The monoisotopic (exact) mass is 258 g/mol. The van der Waals surface area contributed by atoms with Gasteiger partial charge >= 0.3 is 0 Å². The van der Waals surface area contributed by atoms with Gasteiger partial charge in [-0.3, -0.25) is 0 Å². The van der Waals surface area contributed by atoms with Gasteiger partial charge in [-0.2, -0.15) is 0 Å². The van der Waals surface area contributed by atoms with Crippen LogP contribution in [0.3, 0.4) is 0 Å². The third-order valence-corrected chi connectivity index (χ3v) is 3.38.